The van der Waals surface area contributed by atoms with Gasteiger partial charge in [-0.15, -0.1) is 0 Å². The highest BCUT2D eigenvalue weighted by Crippen LogP contribution is 2.33. The number of carbonyl (C=O) groups excluding carboxylic acids is 1. The van der Waals surface area contributed by atoms with Crippen LogP contribution in [0.15, 0.2) is 60.2 Å². The number of methoxy groups -OCH3 is 1. The van der Waals surface area contributed by atoms with Crippen molar-refractivity contribution in [3.63, 3.8) is 0 Å². The number of morpholine rings is 1. The van der Waals surface area contributed by atoms with Gasteiger partial charge in [0.15, 0.2) is 0 Å². The monoisotopic (exact) mass is 505 g/mol. The number of aromatic nitrogens is 1. The Labute approximate surface area is 216 Å². The molecule has 0 unspecified atom stereocenters. The van der Waals surface area contributed by atoms with Crippen molar-refractivity contribution in [3.05, 3.63) is 65.7 Å². The van der Waals surface area contributed by atoms with Crippen LogP contribution in [0, 0.1) is 11.3 Å². The molecular weight excluding hydrogens is 474 g/mol. The summed E-state index contributed by atoms with van der Waals surface area (Å²) in [6, 6.07) is 3.84. The molecule has 0 spiro atoms. The van der Waals surface area contributed by atoms with Crippen molar-refractivity contribution in [2.45, 2.75) is 25.4 Å². The Balaban J connectivity index is 1.27. The van der Waals surface area contributed by atoms with E-state index in [2.05, 4.69) is 22.0 Å². The smallest absolute Gasteiger partial charge is 0.236 e. The third-order valence-corrected chi connectivity index (χ3v) is 6.80. The molecule has 0 radical (unpaired) electrons. The van der Waals surface area contributed by atoms with Crippen molar-refractivity contribution in [1.82, 2.24) is 14.8 Å². The number of likely N-dealkylation sites (tertiary alicyclic amines) is 1. The molecule has 10 heteroatoms. The van der Waals surface area contributed by atoms with E-state index in [0.29, 0.717) is 49.9 Å². The molecular formula is C27H31N5O5. The van der Waals surface area contributed by atoms with Crippen LogP contribution in [-0.2, 0) is 19.0 Å². The second kappa shape index (κ2) is 11.5. The average Bonchev–Trinajstić information content (AvgIpc) is 3.42. The van der Waals surface area contributed by atoms with Gasteiger partial charge in [-0.2, -0.15) is 5.26 Å². The van der Waals surface area contributed by atoms with Crippen molar-refractivity contribution in [2.75, 3.05) is 57.9 Å². The summed E-state index contributed by atoms with van der Waals surface area (Å²) in [6.45, 7) is 4.66. The molecule has 5 rings (SSSR count). The van der Waals surface area contributed by atoms with Gasteiger partial charge in [0.25, 0.3) is 0 Å². The van der Waals surface area contributed by atoms with Crippen LogP contribution >= 0.6 is 0 Å². The first-order chi connectivity index (χ1) is 18.1. The molecule has 2 fully saturated rings. The lowest BCUT2D eigenvalue weighted by Gasteiger charge is -2.28. The number of rotatable bonds is 7. The number of allylic oxidation sites excluding steroid dienone is 3. The molecule has 0 bridgehead atoms. The molecule has 0 aromatic carbocycles. The molecule has 37 heavy (non-hydrogen) atoms. The topological polar surface area (TPSA) is 100 Å². The Morgan fingerprint density at radius 1 is 1.30 bits per heavy atom. The van der Waals surface area contributed by atoms with Crippen LogP contribution in [0.5, 0.6) is 5.88 Å². The van der Waals surface area contributed by atoms with Crippen LogP contribution in [0.3, 0.4) is 0 Å². The summed E-state index contributed by atoms with van der Waals surface area (Å²) >= 11 is 0. The minimum Gasteiger partial charge on any atom is -0.488 e. The Kier molecular flexibility index (Phi) is 7.73. The second-order valence-electron chi connectivity index (χ2n) is 9.21. The van der Waals surface area contributed by atoms with Crippen LogP contribution in [0.2, 0.25) is 0 Å². The molecule has 1 aromatic heterocycles. The van der Waals surface area contributed by atoms with Crippen LogP contribution < -0.4 is 9.64 Å². The Morgan fingerprint density at radius 2 is 2.16 bits per heavy atom. The predicted octanol–water partition coefficient (Wildman–Crippen LogP) is 2.66. The predicted molar refractivity (Wildman–Crippen MR) is 135 cm³/mol. The normalized spacial score (nSPS) is 21.9. The minimum atomic E-state index is -0.0683. The maximum atomic E-state index is 12.8. The Bertz CT molecular complexity index is 1180. The SMILES string of the molecule is COc1ncc(N2C=COC(C3=C(O[C@H]4CCN(C(=O)CN5CCOCC5)C4)C=CCC3)=C2)cc1C#N. The van der Waals surface area contributed by atoms with Gasteiger partial charge in [-0.25, -0.2) is 4.98 Å². The lowest BCUT2D eigenvalue weighted by molar-refractivity contribution is -0.132. The van der Waals surface area contributed by atoms with E-state index in [-0.39, 0.29) is 17.9 Å². The molecule has 1 aliphatic carbocycles. The first-order valence-corrected chi connectivity index (χ1v) is 12.6. The maximum absolute atomic E-state index is 12.8. The Morgan fingerprint density at radius 3 is 2.97 bits per heavy atom. The summed E-state index contributed by atoms with van der Waals surface area (Å²) in [7, 11) is 1.49. The molecule has 194 valence electrons. The summed E-state index contributed by atoms with van der Waals surface area (Å²) in [5.41, 5.74) is 2.04. The number of hydrogen-bond donors (Lipinski definition) is 0. The highest BCUT2D eigenvalue weighted by Gasteiger charge is 2.30. The fourth-order valence-corrected chi connectivity index (χ4v) is 4.78. The largest absolute Gasteiger partial charge is 0.488 e. The zero-order valence-electron chi connectivity index (χ0n) is 21.0. The van der Waals surface area contributed by atoms with Crippen LogP contribution in [-0.4, -0.2) is 79.8 Å². The summed E-state index contributed by atoms with van der Waals surface area (Å²) in [4.78, 5) is 23.0. The van der Waals surface area contributed by atoms with Gasteiger partial charge in [-0.05, 0) is 25.0 Å². The van der Waals surface area contributed by atoms with Gasteiger partial charge in [0.2, 0.25) is 11.8 Å². The van der Waals surface area contributed by atoms with E-state index in [1.165, 1.54) is 7.11 Å². The molecule has 0 saturated carbocycles. The molecule has 10 nitrogen and oxygen atoms in total. The standard InChI is InChI=1S/C27H31N5O5/c1-34-27-20(15-28)14-21(16-29-27)31-10-13-36-25(18-31)23-4-2-3-5-24(23)37-22-6-7-32(17-22)26(33)19-30-8-11-35-12-9-30/h3,5,10,13-14,16,18,22H,2,4,6-9,11-12,17,19H2,1H3/t22-/m0/s1. The summed E-state index contributed by atoms with van der Waals surface area (Å²) in [5, 5.41) is 9.42. The van der Waals surface area contributed by atoms with E-state index >= 15 is 0 Å². The Hall–Kier alpha value is -3.81. The van der Waals surface area contributed by atoms with Crippen molar-refractivity contribution < 1.29 is 23.7 Å². The van der Waals surface area contributed by atoms with Crippen LogP contribution in [0.4, 0.5) is 5.69 Å². The molecule has 4 heterocycles. The van der Waals surface area contributed by atoms with Crippen molar-refractivity contribution in [1.29, 1.82) is 5.26 Å². The first kappa shape index (κ1) is 24.9. The minimum absolute atomic E-state index is 0.0683. The van der Waals surface area contributed by atoms with E-state index in [4.69, 9.17) is 18.9 Å². The van der Waals surface area contributed by atoms with E-state index < -0.39 is 0 Å². The zero-order valence-corrected chi connectivity index (χ0v) is 21.0. The third kappa shape index (κ3) is 5.79. The van der Waals surface area contributed by atoms with Crippen molar-refractivity contribution in [2.24, 2.45) is 0 Å². The van der Waals surface area contributed by atoms with Gasteiger partial charge in [-0.3, -0.25) is 9.69 Å². The molecule has 1 amide bonds. The van der Waals surface area contributed by atoms with Gasteiger partial charge >= 0.3 is 0 Å². The number of carbonyl (C=O) groups is 1. The van der Waals surface area contributed by atoms with Gasteiger partial charge in [0.05, 0.1) is 51.5 Å². The van der Waals surface area contributed by atoms with Crippen LogP contribution in [0.25, 0.3) is 0 Å². The lowest BCUT2D eigenvalue weighted by Crippen LogP contribution is -2.44. The first-order valence-electron chi connectivity index (χ1n) is 12.6. The van der Waals surface area contributed by atoms with Gasteiger partial charge in [0, 0.05) is 37.8 Å². The number of anilines is 1. The van der Waals surface area contributed by atoms with Gasteiger partial charge < -0.3 is 28.7 Å². The molecule has 2 saturated heterocycles. The molecule has 1 atom stereocenters. The summed E-state index contributed by atoms with van der Waals surface area (Å²) < 4.78 is 22.8. The molecule has 4 aliphatic rings. The van der Waals surface area contributed by atoms with E-state index in [9.17, 15) is 10.1 Å². The van der Waals surface area contributed by atoms with Gasteiger partial charge in [0.1, 0.15) is 35.5 Å². The highest BCUT2D eigenvalue weighted by atomic mass is 16.5. The number of pyridine rings is 1. The highest BCUT2D eigenvalue weighted by molar-refractivity contribution is 5.78. The number of ether oxygens (including phenoxy) is 4. The summed E-state index contributed by atoms with van der Waals surface area (Å²) in [6.07, 6.45) is 13.4. The number of nitrogens with zero attached hydrogens (tertiary/aromatic N) is 5. The molecule has 0 N–H and O–H groups in total. The van der Waals surface area contributed by atoms with E-state index in [0.717, 1.165) is 43.7 Å². The summed E-state index contributed by atoms with van der Waals surface area (Å²) in [5.74, 6) is 1.88. The van der Waals surface area contributed by atoms with Crippen LogP contribution in [0.1, 0.15) is 24.8 Å². The van der Waals surface area contributed by atoms with Gasteiger partial charge in [-0.1, -0.05) is 6.08 Å². The second-order valence-corrected chi connectivity index (χ2v) is 9.21. The van der Waals surface area contributed by atoms with Crippen molar-refractivity contribution >= 4 is 11.6 Å². The van der Waals surface area contributed by atoms with E-state index in [1.807, 2.05) is 22.1 Å². The number of hydrogen-bond acceptors (Lipinski definition) is 9. The zero-order chi connectivity index (χ0) is 25.6. The molecule has 3 aliphatic heterocycles. The maximum Gasteiger partial charge on any atom is 0.236 e. The fourth-order valence-electron chi connectivity index (χ4n) is 4.78. The average molecular weight is 506 g/mol. The van der Waals surface area contributed by atoms with E-state index in [1.54, 1.807) is 24.7 Å². The fraction of sp³-hybridized carbons (Fsp3) is 0.444. The number of amides is 1. The quantitative estimate of drug-likeness (QED) is 0.554. The third-order valence-electron chi connectivity index (χ3n) is 6.80. The number of nitriles is 1. The lowest BCUT2D eigenvalue weighted by atomic mass is 10.0. The van der Waals surface area contributed by atoms with Crippen molar-refractivity contribution in [3.8, 4) is 11.9 Å². The molecule has 1 aromatic rings.